The molecular weight excluding hydrogens is 457 g/mol. The normalized spacial score (nSPS) is 17.0. The number of aliphatic imine (C=N–C) groups is 1. The quantitative estimate of drug-likeness (QED) is 0.358. The van der Waals surface area contributed by atoms with E-state index in [2.05, 4.69) is 55.5 Å². The summed E-state index contributed by atoms with van der Waals surface area (Å²) in [5.74, 6) is 0.920. The first kappa shape index (κ1) is 23.6. The first-order valence-electron chi connectivity index (χ1n) is 9.64. The maximum Gasteiger partial charge on any atom is 0.191 e. The van der Waals surface area contributed by atoms with E-state index < -0.39 is 0 Å². The Labute approximate surface area is 180 Å². The molecule has 1 aliphatic heterocycles. The Morgan fingerprint density at radius 3 is 2.54 bits per heavy atom. The van der Waals surface area contributed by atoms with E-state index in [1.807, 2.05) is 0 Å². The summed E-state index contributed by atoms with van der Waals surface area (Å²) in [4.78, 5) is 12.1. The molecule has 1 aromatic rings. The highest BCUT2D eigenvalue weighted by Gasteiger charge is 2.20. The second-order valence-electron chi connectivity index (χ2n) is 7.83. The van der Waals surface area contributed by atoms with Crippen molar-refractivity contribution in [3.05, 3.63) is 16.1 Å². The standard InChI is InChI=1S/C19H35N5S.HI/c1-6-10-24-11-8-15(9-12-24)22-18(20-7-2)21-13-17-23-16(14-25-17)19(3,4)5;/h14-15H,6-13H2,1-5H3,(H2,20,21,22);1H. The van der Waals surface area contributed by atoms with Crippen molar-refractivity contribution in [3.8, 4) is 0 Å². The summed E-state index contributed by atoms with van der Waals surface area (Å²) in [6, 6.07) is 0.521. The second kappa shape index (κ2) is 11.4. The van der Waals surface area contributed by atoms with Crippen molar-refractivity contribution in [1.82, 2.24) is 20.5 Å². The van der Waals surface area contributed by atoms with Gasteiger partial charge in [-0.2, -0.15) is 0 Å². The molecule has 0 bridgehead atoms. The second-order valence-corrected chi connectivity index (χ2v) is 8.77. The number of likely N-dealkylation sites (tertiary alicyclic amines) is 1. The molecule has 7 heteroatoms. The van der Waals surface area contributed by atoms with Crippen LogP contribution >= 0.6 is 35.3 Å². The summed E-state index contributed by atoms with van der Waals surface area (Å²) < 4.78 is 0. The molecule has 1 aliphatic rings. The van der Waals surface area contributed by atoms with Crippen LogP contribution in [0.2, 0.25) is 0 Å². The monoisotopic (exact) mass is 493 g/mol. The molecule has 26 heavy (non-hydrogen) atoms. The van der Waals surface area contributed by atoms with E-state index in [1.165, 1.54) is 38.9 Å². The van der Waals surface area contributed by atoms with Gasteiger partial charge in [0.05, 0.1) is 12.2 Å². The van der Waals surface area contributed by atoms with Gasteiger partial charge < -0.3 is 15.5 Å². The SMILES string of the molecule is CCCN1CCC(NC(=NCc2nc(C(C)(C)C)cs2)NCC)CC1.I. The van der Waals surface area contributed by atoms with Crippen LogP contribution < -0.4 is 10.6 Å². The molecule has 2 heterocycles. The predicted molar refractivity (Wildman–Crippen MR) is 124 cm³/mol. The van der Waals surface area contributed by atoms with Crippen LogP contribution in [0.3, 0.4) is 0 Å². The smallest absolute Gasteiger partial charge is 0.191 e. The fourth-order valence-corrected chi connectivity index (χ4v) is 3.95. The average molecular weight is 494 g/mol. The number of nitrogens with zero attached hydrogens (tertiary/aromatic N) is 3. The number of hydrogen-bond acceptors (Lipinski definition) is 4. The van der Waals surface area contributed by atoms with Gasteiger partial charge in [-0.05, 0) is 32.7 Å². The Hall–Kier alpha value is -0.410. The largest absolute Gasteiger partial charge is 0.357 e. The highest BCUT2D eigenvalue weighted by molar-refractivity contribution is 14.0. The van der Waals surface area contributed by atoms with Crippen LogP contribution in [-0.4, -0.2) is 48.1 Å². The van der Waals surface area contributed by atoms with E-state index in [0.717, 1.165) is 23.2 Å². The van der Waals surface area contributed by atoms with Crippen LogP contribution in [0, 0.1) is 0 Å². The summed E-state index contributed by atoms with van der Waals surface area (Å²) in [5, 5.41) is 10.2. The number of hydrogen-bond donors (Lipinski definition) is 2. The lowest BCUT2D eigenvalue weighted by molar-refractivity contribution is 0.206. The van der Waals surface area contributed by atoms with Gasteiger partial charge in [-0.1, -0.05) is 27.7 Å². The fraction of sp³-hybridized carbons (Fsp3) is 0.789. The van der Waals surface area contributed by atoms with E-state index in [0.29, 0.717) is 12.6 Å². The highest BCUT2D eigenvalue weighted by atomic mass is 127. The summed E-state index contributed by atoms with van der Waals surface area (Å²) in [6.07, 6.45) is 3.62. The third-order valence-corrected chi connectivity index (χ3v) is 5.34. The van der Waals surface area contributed by atoms with Crippen LogP contribution in [0.4, 0.5) is 0 Å². The number of rotatable bonds is 6. The number of halogens is 1. The molecule has 5 nitrogen and oxygen atoms in total. The van der Waals surface area contributed by atoms with Gasteiger partial charge in [-0.3, -0.25) is 0 Å². The van der Waals surface area contributed by atoms with Crippen molar-refractivity contribution >= 4 is 41.3 Å². The van der Waals surface area contributed by atoms with Crippen molar-refractivity contribution in [2.24, 2.45) is 4.99 Å². The number of piperidine rings is 1. The van der Waals surface area contributed by atoms with Crippen molar-refractivity contribution < 1.29 is 0 Å². The van der Waals surface area contributed by atoms with Gasteiger partial charge in [0.2, 0.25) is 0 Å². The maximum atomic E-state index is 4.76. The van der Waals surface area contributed by atoms with E-state index in [1.54, 1.807) is 11.3 Å². The fourth-order valence-electron chi connectivity index (χ4n) is 3.01. The molecule has 0 aromatic carbocycles. The van der Waals surface area contributed by atoms with Crippen molar-refractivity contribution in [2.75, 3.05) is 26.2 Å². The van der Waals surface area contributed by atoms with Gasteiger partial charge in [0.1, 0.15) is 5.01 Å². The summed E-state index contributed by atoms with van der Waals surface area (Å²) in [7, 11) is 0. The van der Waals surface area contributed by atoms with Crippen molar-refractivity contribution in [1.29, 1.82) is 0 Å². The Bertz CT molecular complexity index is 544. The predicted octanol–water partition coefficient (Wildman–Crippen LogP) is 3.99. The van der Waals surface area contributed by atoms with Crippen LogP contribution in [0.25, 0.3) is 0 Å². The number of thiazole rings is 1. The number of nitrogens with one attached hydrogen (secondary N) is 2. The molecule has 0 saturated carbocycles. The lowest BCUT2D eigenvalue weighted by atomic mass is 9.93. The summed E-state index contributed by atoms with van der Waals surface area (Å²) in [5.41, 5.74) is 1.26. The minimum absolute atomic E-state index is 0. The van der Waals surface area contributed by atoms with Crippen LogP contribution in [0.15, 0.2) is 10.4 Å². The zero-order chi connectivity index (χ0) is 18.3. The summed E-state index contributed by atoms with van der Waals surface area (Å²) in [6.45, 7) is 16.1. The minimum Gasteiger partial charge on any atom is -0.357 e. The molecule has 1 saturated heterocycles. The highest BCUT2D eigenvalue weighted by Crippen LogP contribution is 2.24. The van der Waals surface area contributed by atoms with Gasteiger partial charge >= 0.3 is 0 Å². The molecule has 0 spiro atoms. The minimum atomic E-state index is 0. The van der Waals surface area contributed by atoms with Gasteiger partial charge in [0, 0.05) is 36.5 Å². The molecule has 2 N–H and O–H groups in total. The van der Waals surface area contributed by atoms with Crippen LogP contribution in [0.5, 0.6) is 0 Å². The molecule has 150 valence electrons. The van der Waals surface area contributed by atoms with Crippen LogP contribution in [-0.2, 0) is 12.0 Å². The van der Waals surface area contributed by atoms with Gasteiger partial charge in [-0.25, -0.2) is 9.98 Å². The lowest BCUT2D eigenvalue weighted by Gasteiger charge is -2.32. The zero-order valence-corrected chi connectivity index (χ0v) is 20.1. The van der Waals surface area contributed by atoms with E-state index in [4.69, 9.17) is 9.98 Å². The Balaban J connectivity index is 0.00000338. The first-order chi connectivity index (χ1) is 11.9. The van der Waals surface area contributed by atoms with Crippen molar-refractivity contribution in [3.63, 3.8) is 0 Å². The molecule has 0 amide bonds. The lowest BCUT2D eigenvalue weighted by Crippen LogP contribution is -2.48. The number of guanidine groups is 1. The third-order valence-electron chi connectivity index (χ3n) is 4.51. The van der Waals surface area contributed by atoms with Gasteiger partial charge in [-0.15, -0.1) is 35.3 Å². The van der Waals surface area contributed by atoms with Crippen LogP contribution in [0.1, 0.15) is 64.6 Å². The zero-order valence-electron chi connectivity index (χ0n) is 17.0. The van der Waals surface area contributed by atoms with E-state index in [-0.39, 0.29) is 29.4 Å². The molecular formula is C19H36IN5S. The molecule has 2 rings (SSSR count). The molecule has 1 aromatic heterocycles. The van der Waals surface area contributed by atoms with E-state index in [9.17, 15) is 0 Å². The Morgan fingerprint density at radius 2 is 2.00 bits per heavy atom. The average Bonchev–Trinajstić information content (AvgIpc) is 3.04. The topological polar surface area (TPSA) is 52.5 Å². The molecule has 0 unspecified atom stereocenters. The first-order valence-corrected chi connectivity index (χ1v) is 10.5. The molecule has 0 radical (unpaired) electrons. The Morgan fingerprint density at radius 1 is 1.31 bits per heavy atom. The Kier molecular flexibility index (Phi) is 10.4. The summed E-state index contributed by atoms with van der Waals surface area (Å²) >= 11 is 1.71. The third kappa shape index (κ3) is 7.68. The number of aromatic nitrogens is 1. The molecule has 0 aliphatic carbocycles. The molecule has 1 fully saturated rings. The van der Waals surface area contributed by atoms with E-state index >= 15 is 0 Å². The maximum absolute atomic E-state index is 4.76. The van der Waals surface area contributed by atoms with Gasteiger partial charge in [0.15, 0.2) is 5.96 Å². The van der Waals surface area contributed by atoms with Crippen molar-refractivity contribution in [2.45, 2.75) is 71.9 Å². The van der Waals surface area contributed by atoms with Gasteiger partial charge in [0.25, 0.3) is 0 Å². The molecule has 0 atom stereocenters.